The van der Waals surface area contributed by atoms with Crippen LogP contribution < -0.4 is 16.4 Å². The summed E-state index contributed by atoms with van der Waals surface area (Å²) in [5.74, 6) is 1.03. The van der Waals surface area contributed by atoms with Crippen molar-refractivity contribution in [3.05, 3.63) is 24.4 Å². The Bertz CT molecular complexity index is 456. The van der Waals surface area contributed by atoms with Crippen LogP contribution in [0.1, 0.15) is 25.7 Å². The van der Waals surface area contributed by atoms with Crippen LogP contribution in [0.2, 0.25) is 0 Å². The van der Waals surface area contributed by atoms with E-state index in [1.807, 2.05) is 24.5 Å². The lowest BCUT2D eigenvalue weighted by molar-refractivity contribution is -0.127. The molecule has 1 heterocycles. The Hall–Kier alpha value is -1.76. The number of aromatic nitrogens is 1. The van der Waals surface area contributed by atoms with Crippen LogP contribution >= 0.6 is 11.8 Å². The van der Waals surface area contributed by atoms with Crippen molar-refractivity contribution in [3.8, 4) is 0 Å². The highest BCUT2D eigenvalue weighted by Crippen LogP contribution is 2.04. The molecule has 0 spiro atoms. The van der Waals surface area contributed by atoms with Crippen molar-refractivity contribution in [1.29, 1.82) is 0 Å². The van der Waals surface area contributed by atoms with Crippen LogP contribution in [-0.2, 0) is 9.59 Å². The first-order valence-electron chi connectivity index (χ1n) is 7.36. The van der Waals surface area contributed by atoms with Gasteiger partial charge in [-0.15, -0.1) is 0 Å². The lowest BCUT2D eigenvalue weighted by atomic mass is 10.2. The molecule has 1 rings (SSSR count). The Morgan fingerprint density at radius 3 is 2.82 bits per heavy atom. The molecule has 0 fully saturated rings. The molecule has 0 saturated carbocycles. The molecule has 6 nitrogen and oxygen atoms in total. The number of nitrogens with one attached hydrogen (secondary N) is 2. The summed E-state index contributed by atoms with van der Waals surface area (Å²) < 4.78 is 0. The van der Waals surface area contributed by atoms with Crippen LogP contribution in [0.4, 0.5) is 5.82 Å². The number of unbranched alkanes of at least 4 members (excludes halogenated alkanes) is 1. The fourth-order valence-corrected chi connectivity index (χ4v) is 2.35. The third-order valence-corrected chi connectivity index (χ3v) is 3.73. The first kappa shape index (κ1) is 18.3. The summed E-state index contributed by atoms with van der Waals surface area (Å²) in [7, 11) is 0. The van der Waals surface area contributed by atoms with Crippen molar-refractivity contribution in [3.63, 3.8) is 0 Å². The number of thioether (sulfide) groups is 1. The van der Waals surface area contributed by atoms with E-state index >= 15 is 0 Å². The molecule has 0 bridgehead atoms. The van der Waals surface area contributed by atoms with E-state index in [2.05, 4.69) is 15.6 Å². The maximum absolute atomic E-state index is 11.8. The van der Waals surface area contributed by atoms with Crippen LogP contribution in [0.15, 0.2) is 24.4 Å². The van der Waals surface area contributed by atoms with Gasteiger partial charge < -0.3 is 16.4 Å². The van der Waals surface area contributed by atoms with Crippen LogP contribution in [0.25, 0.3) is 0 Å². The van der Waals surface area contributed by atoms with E-state index in [4.69, 9.17) is 5.73 Å². The van der Waals surface area contributed by atoms with Gasteiger partial charge in [-0.2, -0.15) is 11.8 Å². The highest BCUT2D eigenvalue weighted by molar-refractivity contribution is 7.98. The maximum Gasteiger partial charge on any atom is 0.240 e. The van der Waals surface area contributed by atoms with Gasteiger partial charge in [0.2, 0.25) is 11.8 Å². The monoisotopic (exact) mass is 324 g/mol. The van der Waals surface area contributed by atoms with E-state index in [0.29, 0.717) is 12.8 Å². The predicted octanol–water partition coefficient (Wildman–Crippen LogP) is 1.39. The number of hydrogen-bond donors (Lipinski definition) is 3. The second kappa shape index (κ2) is 10.9. The summed E-state index contributed by atoms with van der Waals surface area (Å²) in [6.45, 7) is 0.760. The smallest absolute Gasteiger partial charge is 0.240 e. The van der Waals surface area contributed by atoms with Gasteiger partial charge >= 0.3 is 0 Å². The average Bonchev–Trinajstić information content (AvgIpc) is 2.51. The molecule has 7 heteroatoms. The first-order chi connectivity index (χ1) is 10.6. The van der Waals surface area contributed by atoms with E-state index in [1.165, 1.54) is 0 Å². The lowest BCUT2D eigenvalue weighted by Crippen LogP contribution is -2.44. The van der Waals surface area contributed by atoms with Gasteiger partial charge in [0.1, 0.15) is 11.9 Å². The zero-order chi connectivity index (χ0) is 16.2. The quantitative estimate of drug-likeness (QED) is 0.534. The summed E-state index contributed by atoms with van der Waals surface area (Å²) in [6, 6.07) is 5.12. The minimum Gasteiger partial charge on any atom is -0.370 e. The Morgan fingerprint density at radius 1 is 1.36 bits per heavy atom. The largest absolute Gasteiger partial charge is 0.370 e. The minimum atomic E-state index is -0.563. The zero-order valence-corrected chi connectivity index (χ0v) is 13.7. The van der Waals surface area contributed by atoms with Crippen molar-refractivity contribution in [2.24, 2.45) is 5.73 Å². The topological polar surface area (TPSA) is 97.1 Å². The molecule has 0 saturated heterocycles. The van der Waals surface area contributed by atoms with Gasteiger partial charge in [-0.1, -0.05) is 6.07 Å². The Labute approximate surface area is 135 Å². The second-order valence-electron chi connectivity index (χ2n) is 4.90. The number of pyridine rings is 1. The van der Waals surface area contributed by atoms with E-state index in [1.54, 1.807) is 18.0 Å². The standard InChI is InChI=1S/C15H24N4O2S/c1-22-11-8-12(15(16)21)19-14(20)7-3-5-10-18-13-6-2-4-9-17-13/h2,4,6,9,12H,3,5,7-8,10-11H2,1H3,(H2,16,21)(H,17,18)(H,19,20)/t12-/m0/s1. The summed E-state index contributed by atoms with van der Waals surface area (Å²) in [4.78, 5) is 27.2. The lowest BCUT2D eigenvalue weighted by Gasteiger charge is -2.14. The summed E-state index contributed by atoms with van der Waals surface area (Å²) in [5.41, 5.74) is 5.29. The number of nitrogens with zero attached hydrogens (tertiary/aromatic N) is 1. The van der Waals surface area contributed by atoms with Crippen LogP contribution in [-0.4, -0.2) is 41.4 Å². The fourth-order valence-electron chi connectivity index (χ4n) is 1.88. The van der Waals surface area contributed by atoms with E-state index in [0.717, 1.165) is 31.0 Å². The summed E-state index contributed by atoms with van der Waals surface area (Å²) in [5, 5.41) is 5.89. The fraction of sp³-hybridized carbons (Fsp3) is 0.533. The number of carbonyl (C=O) groups excluding carboxylic acids is 2. The maximum atomic E-state index is 11.8. The molecule has 122 valence electrons. The number of carbonyl (C=O) groups is 2. The van der Waals surface area contributed by atoms with Crippen molar-refractivity contribution >= 4 is 29.4 Å². The van der Waals surface area contributed by atoms with Crippen molar-refractivity contribution in [2.45, 2.75) is 31.7 Å². The molecule has 1 atom stereocenters. The molecule has 0 radical (unpaired) electrons. The van der Waals surface area contributed by atoms with Gasteiger partial charge in [-0.25, -0.2) is 4.98 Å². The molecule has 4 N–H and O–H groups in total. The van der Waals surface area contributed by atoms with Gasteiger partial charge in [0.05, 0.1) is 0 Å². The Kier molecular flexibility index (Phi) is 9.06. The number of amides is 2. The molecule has 0 unspecified atom stereocenters. The highest BCUT2D eigenvalue weighted by atomic mass is 32.2. The number of hydrogen-bond acceptors (Lipinski definition) is 5. The molecule has 1 aromatic rings. The predicted molar refractivity (Wildman–Crippen MR) is 90.7 cm³/mol. The van der Waals surface area contributed by atoms with Crippen molar-refractivity contribution in [2.75, 3.05) is 23.9 Å². The first-order valence-corrected chi connectivity index (χ1v) is 8.75. The molecular formula is C15H24N4O2S. The van der Waals surface area contributed by atoms with Gasteiger partial charge in [-0.05, 0) is 43.4 Å². The van der Waals surface area contributed by atoms with Gasteiger partial charge in [0.15, 0.2) is 0 Å². The highest BCUT2D eigenvalue weighted by Gasteiger charge is 2.16. The third kappa shape index (κ3) is 7.87. The van der Waals surface area contributed by atoms with Gasteiger partial charge in [0.25, 0.3) is 0 Å². The van der Waals surface area contributed by atoms with Gasteiger partial charge in [0, 0.05) is 19.2 Å². The molecule has 0 aliphatic rings. The molecule has 0 aliphatic heterocycles. The average molecular weight is 324 g/mol. The third-order valence-electron chi connectivity index (χ3n) is 3.09. The van der Waals surface area contributed by atoms with Crippen LogP contribution in [0.5, 0.6) is 0 Å². The molecular weight excluding hydrogens is 300 g/mol. The SMILES string of the molecule is CSCC[C@H](NC(=O)CCCCNc1ccccn1)C(N)=O. The van der Waals surface area contributed by atoms with Crippen LogP contribution in [0.3, 0.4) is 0 Å². The molecule has 1 aromatic heterocycles. The molecule has 0 aliphatic carbocycles. The number of rotatable bonds is 11. The summed E-state index contributed by atoms with van der Waals surface area (Å²) >= 11 is 1.62. The molecule has 2 amide bonds. The van der Waals surface area contributed by atoms with E-state index in [-0.39, 0.29) is 5.91 Å². The second-order valence-corrected chi connectivity index (χ2v) is 5.89. The van der Waals surface area contributed by atoms with Crippen molar-refractivity contribution < 1.29 is 9.59 Å². The number of anilines is 1. The molecule has 0 aromatic carbocycles. The van der Waals surface area contributed by atoms with E-state index < -0.39 is 11.9 Å². The zero-order valence-electron chi connectivity index (χ0n) is 12.9. The summed E-state index contributed by atoms with van der Waals surface area (Å²) in [6.07, 6.45) is 6.26. The van der Waals surface area contributed by atoms with Crippen LogP contribution in [0, 0.1) is 0 Å². The van der Waals surface area contributed by atoms with Gasteiger partial charge in [-0.3, -0.25) is 9.59 Å². The Balaban J connectivity index is 2.15. The van der Waals surface area contributed by atoms with E-state index in [9.17, 15) is 9.59 Å². The number of nitrogens with two attached hydrogens (primary N) is 1. The Morgan fingerprint density at radius 2 is 2.18 bits per heavy atom. The minimum absolute atomic E-state index is 0.122. The van der Waals surface area contributed by atoms with Crippen molar-refractivity contribution in [1.82, 2.24) is 10.3 Å². The molecule has 22 heavy (non-hydrogen) atoms. The number of primary amides is 1. The normalized spacial score (nSPS) is 11.7.